The molecule has 0 saturated carbocycles. The molecule has 0 radical (unpaired) electrons. The average Bonchev–Trinajstić information content (AvgIpc) is 2.37. The summed E-state index contributed by atoms with van der Waals surface area (Å²) in [5.41, 5.74) is 0.883. The third-order valence-electron chi connectivity index (χ3n) is 2.88. The van der Waals surface area contributed by atoms with Gasteiger partial charge in [-0.2, -0.15) is 0 Å². The Hall–Kier alpha value is -0.780. The molecule has 6 heteroatoms. The fourth-order valence-electron chi connectivity index (χ4n) is 1.91. The van der Waals surface area contributed by atoms with Gasteiger partial charge >= 0.3 is 0 Å². The third-order valence-corrected chi connectivity index (χ3v) is 4.69. The zero-order valence-corrected chi connectivity index (χ0v) is 14.4. The van der Waals surface area contributed by atoms with Gasteiger partial charge in [0, 0.05) is 11.9 Å². The molecule has 4 nitrogen and oxygen atoms in total. The Kier molecular flexibility index (Phi) is 7.49. The summed E-state index contributed by atoms with van der Waals surface area (Å²) in [6.07, 6.45) is 1.36. The summed E-state index contributed by atoms with van der Waals surface area (Å²) in [7, 11) is -3.29. The number of halogens is 1. The minimum absolute atomic E-state index is 0.0859. The van der Waals surface area contributed by atoms with Crippen LogP contribution in [0.1, 0.15) is 45.2 Å². The van der Waals surface area contributed by atoms with Crippen LogP contribution < -0.4 is 9.46 Å². The van der Waals surface area contributed by atoms with Crippen molar-refractivity contribution in [2.75, 3.05) is 11.6 Å². The van der Waals surface area contributed by atoms with Gasteiger partial charge in [0.2, 0.25) is 10.0 Å². The van der Waals surface area contributed by atoms with Gasteiger partial charge in [0.15, 0.2) is 0 Å². The van der Waals surface area contributed by atoms with Crippen molar-refractivity contribution in [2.24, 2.45) is 0 Å². The van der Waals surface area contributed by atoms with E-state index in [9.17, 15) is 8.42 Å². The van der Waals surface area contributed by atoms with E-state index in [1.54, 1.807) is 0 Å². The molecule has 120 valence electrons. The predicted molar refractivity (Wildman–Crippen MR) is 87.5 cm³/mol. The van der Waals surface area contributed by atoms with Crippen LogP contribution in [0.3, 0.4) is 0 Å². The summed E-state index contributed by atoms with van der Waals surface area (Å²) in [6.45, 7) is 5.74. The molecular formula is C15H24ClNO3S. The number of ether oxygens (including phenoxy) is 1. The number of benzene rings is 1. The van der Waals surface area contributed by atoms with Crippen LogP contribution in [-0.2, 0) is 10.0 Å². The Morgan fingerprint density at radius 3 is 2.57 bits per heavy atom. The molecule has 1 rings (SSSR count). The van der Waals surface area contributed by atoms with Crippen molar-refractivity contribution in [1.82, 2.24) is 4.72 Å². The van der Waals surface area contributed by atoms with Gasteiger partial charge in [-0.1, -0.05) is 12.1 Å². The second-order valence-electron chi connectivity index (χ2n) is 5.29. The molecule has 0 bridgehead atoms. The van der Waals surface area contributed by atoms with Gasteiger partial charge in [0.1, 0.15) is 5.75 Å². The summed E-state index contributed by atoms with van der Waals surface area (Å²) >= 11 is 5.56. The molecule has 0 heterocycles. The van der Waals surface area contributed by atoms with E-state index < -0.39 is 10.0 Å². The summed E-state index contributed by atoms with van der Waals surface area (Å²) in [5.74, 6) is 1.34. The summed E-state index contributed by atoms with van der Waals surface area (Å²) in [5, 5.41) is 0. The highest BCUT2D eigenvalue weighted by atomic mass is 35.5. The monoisotopic (exact) mass is 333 g/mol. The van der Waals surface area contributed by atoms with Crippen molar-refractivity contribution in [3.8, 4) is 5.75 Å². The molecule has 0 spiro atoms. The number of hydrogen-bond acceptors (Lipinski definition) is 3. The van der Waals surface area contributed by atoms with Crippen LogP contribution in [-0.4, -0.2) is 26.2 Å². The lowest BCUT2D eigenvalue weighted by atomic mass is 10.1. The number of unbranched alkanes of at least 4 members (excludes halogenated alkanes) is 1. The molecule has 0 amide bonds. The van der Waals surface area contributed by atoms with Gasteiger partial charge in [-0.3, -0.25) is 0 Å². The zero-order chi connectivity index (χ0) is 15.9. The quantitative estimate of drug-likeness (QED) is 0.556. The SMILES string of the molecule is CC(C)Oc1cccc(C(C)NS(=O)(=O)CCCCCl)c1. The molecule has 0 aromatic heterocycles. The summed E-state index contributed by atoms with van der Waals surface area (Å²) in [4.78, 5) is 0. The van der Waals surface area contributed by atoms with Gasteiger partial charge in [0.25, 0.3) is 0 Å². The first kappa shape index (κ1) is 18.3. The van der Waals surface area contributed by atoms with E-state index in [-0.39, 0.29) is 17.9 Å². The van der Waals surface area contributed by atoms with E-state index in [1.165, 1.54) is 0 Å². The lowest BCUT2D eigenvalue weighted by Gasteiger charge is -2.16. The molecule has 1 N–H and O–H groups in total. The normalized spacial score (nSPS) is 13.4. The Morgan fingerprint density at radius 2 is 1.95 bits per heavy atom. The molecule has 0 fully saturated rings. The molecule has 1 aromatic carbocycles. The maximum Gasteiger partial charge on any atom is 0.212 e. The van der Waals surface area contributed by atoms with Gasteiger partial charge in [-0.05, 0) is 51.3 Å². The fourth-order valence-corrected chi connectivity index (χ4v) is 3.48. The first-order chi connectivity index (χ1) is 9.84. The molecule has 1 unspecified atom stereocenters. The first-order valence-corrected chi connectivity index (χ1v) is 9.35. The molecule has 0 aliphatic heterocycles. The van der Waals surface area contributed by atoms with Gasteiger partial charge in [-0.25, -0.2) is 13.1 Å². The topological polar surface area (TPSA) is 55.4 Å². The highest BCUT2D eigenvalue weighted by Gasteiger charge is 2.16. The van der Waals surface area contributed by atoms with E-state index in [2.05, 4.69) is 4.72 Å². The second kappa shape index (κ2) is 8.61. The number of nitrogens with one attached hydrogen (secondary N) is 1. The van der Waals surface area contributed by atoms with Crippen LogP contribution in [0.5, 0.6) is 5.75 Å². The van der Waals surface area contributed by atoms with Crippen molar-refractivity contribution in [2.45, 2.75) is 45.8 Å². The maximum atomic E-state index is 12.0. The van der Waals surface area contributed by atoms with E-state index in [0.717, 1.165) is 11.3 Å². The van der Waals surface area contributed by atoms with Crippen LogP contribution in [0.25, 0.3) is 0 Å². The highest BCUT2D eigenvalue weighted by molar-refractivity contribution is 7.89. The Morgan fingerprint density at radius 1 is 1.24 bits per heavy atom. The van der Waals surface area contributed by atoms with E-state index in [4.69, 9.17) is 16.3 Å². The van der Waals surface area contributed by atoms with Crippen molar-refractivity contribution in [3.63, 3.8) is 0 Å². The molecule has 0 aliphatic rings. The molecule has 21 heavy (non-hydrogen) atoms. The zero-order valence-electron chi connectivity index (χ0n) is 12.8. The molecule has 1 atom stereocenters. The van der Waals surface area contributed by atoms with Crippen molar-refractivity contribution in [1.29, 1.82) is 0 Å². The van der Waals surface area contributed by atoms with E-state index in [0.29, 0.717) is 18.7 Å². The number of hydrogen-bond donors (Lipinski definition) is 1. The number of rotatable bonds is 9. The van der Waals surface area contributed by atoms with Crippen LogP contribution in [0.4, 0.5) is 0 Å². The first-order valence-electron chi connectivity index (χ1n) is 7.16. The third kappa shape index (κ3) is 7.16. The van der Waals surface area contributed by atoms with Gasteiger partial charge in [0.05, 0.1) is 11.9 Å². The van der Waals surface area contributed by atoms with Gasteiger partial charge < -0.3 is 4.74 Å². The van der Waals surface area contributed by atoms with Crippen LogP contribution in [0.2, 0.25) is 0 Å². The van der Waals surface area contributed by atoms with Crippen molar-refractivity contribution >= 4 is 21.6 Å². The second-order valence-corrected chi connectivity index (χ2v) is 7.55. The smallest absolute Gasteiger partial charge is 0.212 e. The van der Waals surface area contributed by atoms with E-state index >= 15 is 0 Å². The van der Waals surface area contributed by atoms with E-state index in [1.807, 2.05) is 45.0 Å². The van der Waals surface area contributed by atoms with Crippen molar-refractivity contribution in [3.05, 3.63) is 29.8 Å². The molecule has 0 saturated heterocycles. The lowest BCUT2D eigenvalue weighted by molar-refractivity contribution is 0.242. The standard InChI is InChI=1S/C15H24ClNO3S/c1-12(2)20-15-8-6-7-14(11-15)13(3)17-21(18,19)10-5-4-9-16/h6-8,11-13,17H,4-5,9-10H2,1-3H3. The summed E-state index contributed by atoms with van der Waals surface area (Å²) in [6, 6.07) is 7.20. The van der Waals surface area contributed by atoms with Gasteiger partial charge in [-0.15, -0.1) is 11.6 Å². The molecule has 1 aromatic rings. The lowest BCUT2D eigenvalue weighted by Crippen LogP contribution is -2.29. The fraction of sp³-hybridized carbons (Fsp3) is 0.600. The minimum Gasteiger partial charge on any atom is -0.491 e. The maximum absolute atomic E-state index is 12.0. The van der Waals surface area contributed by atoms with Crippen LogP contribution in [0, 0.1) is 0 Å². The molecular weight excluding hydrogens is 310 g/mol. The molecule has 0 aliphatic carbocycles. The Balaban J connectivity index is 2.68. The number of sulfonamides is 1. The minimum atomic E-state index is -3.29. The Bertz CT molecular complexity index is 531. The highest BCUT2D eigenvalue weighted by Crippen LogP contribution is 2.20. The largest absolute Gasteiger partial charge is 0.491 e. The summed E-state index contributed by atoms with van der Waals surface area (Å²) < 4.78 is 32.2. The predicted octanol–water partition coefficient (Wildman–Crippen LogP) is 3.47. The Labute approximate surface area is 132 Å². The van der Waals surface area contributed by atoms with Crippen LogP contribution in [0.15, 0.2) is 24.3 Å². The van der Waals surface area contributed by atoms with Crippen molar-refractivity contribution < 1.29 is 13.2 Å². The van der Waals surface area contributed by atoms with Crippen LogP contribution >= 0.6 is 11.6 Å². The number of alkyl halides is 1. The average molecular weight is 334 g/mol.